The number of esters is 1. The predicted molar refractivity (Wildman–Crippen MR) is 66.9 cm³/mol. The molecule has 3 heteroatoms. The maximum atomic E-state index is 10.9. The first-order valence-corrected chi connectivity index (χ1v) is 5.83. The van der Waals surface area contributed by atoms with Gasteiger partial charge in [-0.1, -0.05) is 29.8 Å². The number of carbonyl (C=O) groups excluding carboxylic acids is 1. The van der Waals surface area contributed by atoms with Crippen molar-refractivity contribution in [3.05, 3.63) is 35.4 Å². The Morgan fingerprint density at radius 2 is 1.94 bits per heavy atom. The monoisotopic (exact) mass is 236 g/mol. The number of hydrogen-bond donors (Lipinski definition) is 0. The Labute approximate surface area is 103 Å². The Balaban J connectivity index is 2.45. The predicted octanol–water partition coefficient (Wildman–Crippen LogP) is 2.51. The van der Waals surface area contributed by atoms with E-state index in [1.807, 2.05) is 0 Å². The third-order valence-corrected chi connectivity index (χ3v) is 2.56. The van der Waals surface area contributed by atoms with E-state index in [9.17, 15) is 4.79 Å². The second kappa shape index (κ2) is 7.07. The van der Waals surface area contributed by atoms with Gasteiger partial charge in [-0.15, -0.1) is 0 Å². The quantitative estimate of drug-likeness (QED) is 0.712. The highest BCUT2D eigenvalue weighted by Crippen LogP contribution is 2.09. The lowest BCUT2D eigenvalue weighted by Crippen LogP contribution is -2.22. The largest absolute Gasteiger partial charge is 0.460 e. The molecule has 0 fully saturated rings. The molecular weight excluding hydrogens is 216 g/mol. The van der Waals surface area contributed by atoms with Gasteiger partial charge in [0.1, 0.15) is 6.10 Å². The van der Waals surface area contributed by atoms with E-state index in [1.165, 1.54) is 18.1 Å². The molecule has 0 amide bonds. The van der Waals surface area contributed by atoms with Crippen molar-refractivity contribution in [2.24, 2.45) is 0 Å². The Morgan fingerprint density at radius 3 is 2.47 bits per heavy atom. The molecule has 0 spiro atoms. The first-order valence-electron chi connectivity index (χ1n) is 5.83. The molecule has 0 aliphatic heterocycles. The van der Waals surface area contributed by atoms with Crippen LogP contribution in [0.2, 0.25) is 0 Å². The minimum absolute atomic E-state index is 0.154. The molecule has 1 aromatic rings. The van der Waals surface area contributed by atoms with E-state index in [0.29, 0.717) is 6.61 Å². The summed E-state index contributed by atoms with van der Waals surface area (Å²) in [5, 5.41) is 0. The zero-order chi connectivity index (χ0) is 12.7. The van der Waals surface area contributed by atoms with E-state index in [-0.39, 0.29) is 12.1 Å². The summed E-state index contributed by atoms with van der Waals surface area (Å²) in [6.45, 7) is 3.94. The number of rotatable bonds is 6. The van der Waals surface area contributed by atoms with Gasteiger partial charge in [-0.05, 0) is 25.3 Å². The molecule has 3 nitrogen and oxygen atoms in total. The molecule has 0 aromatic heterocycles. The summed E-state index contributed by atoms with van der Waals surface area (Å²) in [4.78, 5) is 10.9. The summed E-state index contributed by atoms with van der Waals surface area (Å²) in [7, 11) is 1.61. The fourth-order valence-corrected chi connectivity index (χ4v) is 1.68. The molecule has 0 aliphatic rings. The molecule has 94 valence electrons. The minimum atomic E-state index is -0.254. The van der Waals surface area contributed by atoms with Crippen LogP contribution in [0.5, 0.6) is 0 Å². The zero-order valence-electron chi connectivity index (χ0n) is 10.7. The van der Waals surface area contributed by atoms with Crippen LogP contribution in [0.4, 0.5) is 0 Å². The van der Waals surface area contributed by atoms with Gasteiger partial charge in [0.25, 0.3) is 0 Å². The summed E-state index contributed by atoms with van der Waals surface area (Å²) in [5.74, 6) is -0.254. The molecule has 0 bridgehead atoms. The number of aryl methyl sites for hydroxylation is 2. The number of benzene rings is 1. The third-order valence-electron chi connectivity index (χ3n) is 2.56. The van der Waals surface area contributed by atoms with Crippen molar-refractivity contribution in [2.45, 2.75) is 32.8 Å². The molecule has 1 rings (SSSR count). The molecule has 0 saturated heterocycles. The molecule has 1 atom stereocenters. The van der Waals surface area contributed by atoms with Gasteiger partial charge < -0.3 is 9.47 Å². The molecule has 17 heavy (non-hydrogen) atoms. The van der Waals surface area contributed by atoms with Crippen LogP contribution < -0.4 is 0 Å². The van der Waals surface area contributed by atoms with Crippen molar-refractivity contribution in [3.8, 4) is 0 Å². The number of ether oxygens (including phenoxy) is 2. The van der Waals surface area contributed by atoms with Gasteiger partial charge in [0.2, 0.25) is 0 Å². The Hall–Kier alpha value is -1.35. The molecular formula is C14H20O3. The topological polar surface area (TPSA) is 35.5 Å². The molecule has 0 radical (unpaired) electrons. The van der Waals surface area contributed by atoms with E-state index in [4.69, 9.17) is 9.47 Å². The fourth-order valence-electron chi connectivity index (χ4n) is 1.68. The average Bonchev–Trinajstić information content (AvgIpc) is 2.27. The average molecular weight is 236 g/mol. The summed E-state index contributed by atoms with van der Waals surface area (Å²) >= 11 is 0. The summed E-state index contributed by atoms with van der Waals surface area (Å²) in [6.07, 6.45) is 1.52. The first-order chi connectivity index (χ1) is 8.11. The maximum absolute atomic E-state index is 10.9. The Morgan fingerprint density at radius 1 is 1.29 bits per heavy atom. The van der Waals surface area contributed by atoms with Crippen molar-refractivity contribution in [1.29, 1.82) is 0 Å². The zero-order valence-corrected chi connectivity index (χ0v) is 10.7. The lowest BCUT2D eigenvalue weighted by Gasteiger charge is -2.15. The van der Waals surface area contributed by atoms with Crippen LogP contribution >= 0.6 is 0 Å². The van der Waals surface area contributed by atoms with Crippen LogP contribution in [0.25, 0.3) is 0 Å². The standard InChI is InChI=1S/C14H20O3/c1-11-4-6-13(7-5-11)8-9-14(10-16-3)17-12(2)15/h4-7,14H,8-10H2,1-3H3. The summed E-state index contributed by atoms with van der Waals surface area (Å²) in [5.41, 5.74) is 2.51. The van der Waals surface area contributed by atoms with Gasteiger partial charge in [-0.2, -0.15) is 0 Å². The van der Waals surface area contributed by atoms with Crippen molar-refractivity contribution in [2.75, 3.05) is 13.7 Å². The first kappa shape index (κ1) is 13.7. The lowest BCUT2D eigenvalue weighted by atomic mass is 10.1. The van der Waals surface area contributed by atoms with Gasteiger partial charge in [0, 0.05) is 14.0 Å². The van der Waals surface area contributed by atoms with Crippen molar-refractivity contribution in [1.82, 2.24) is 0 Å². The van der Waals surface area contributed by atoms with E-state index in [2.05, 4.69) is 31.2 Å². The second-order valence-electron chi connectivity index (χ2n) is 4.21. The number of carbonyl (C=O) groups is 1. The SMILES string of the molecule is COCC(CCc1ccc(C)cc1)OC(C)=O. The van der Waals surface area contributed by atoms with E-state index in [0.717, 1.165) is 12.8 Å². The minimum Gasteiger partial charge on any atom is -0.460 e. The number of methoxy groups -OCH3 is 1. The van der Waals surface area contributed by atoms with Gasteiger partial charge >= 0.3 is 5.97 Å². The van der Waals surface area contributed by atoms with Crippen molar-refractivity contribution in [3.63, 3.8) is 0 Å². The van der Waals surface area contributed by atoms with Gasteiger partial charge in [0.15, 0.2) is 0 Å². The van der Waals surface area contributed by atoms with Gasteiger partial charge in [-0.3, -0.25) is 4.79 Å². The third kappa shape index (κ3) is 5.50. The molecule has 0 heterocycles. The van der Waals surface area contributed by atoms with Crippen molar-refractivity contribution < 1.29 is 14.3 Å². The van der Waals surface area contributed by atoms with Crippen LogP contribution in [0.1, 0.15) is 24.5 Å². The fraction of sp³-hybridized carbons (Fsp3) is 0.500. The lowest BCUT2D eigenvalue weighted by molar-refractivity contribution is -0.149. The van der Waals surface area contributed by atoms with Gasteiger partial charge in [-0.25, -0.2) is 0 Å². The number of hydrogen-bond acceptors (Lipinski definition) is 3. The van der Waals surface area contributed by atoms with E-state index < -0.39 is 0 Å². The van der Waals surface area contributed by atoms with Crippen LogP contribution in [0.15, 0.2) is 24.3 Å². The highest BCUT2D eigenvalue weighted by Gasteiger charge is 2.11. The van der Waals surface area contributed by atoms with Gasteiger partial charge in [0.05, 0.1) is 6.61 Å². The molecule has 1 aromatic carbocycles. The van der Waals surface area contributed by atoms with E-state index >= 15 is 0 Å². The van der Waals surface area contributed by atoms with Crippen molar-refractivity contribution >= 4 is 5.97 Å². The second-order valence-corrected chi connectivity index (χ2v) is 4.21. The maximum Gasteiger partial charge on any atom is 0.302 e. The Bertz CT molecular complexity index is 343. The highest BCUT2D eigenvalue weighted by molar-refractivity contribution is 5.66. The molecule has 1 unspecified atom stereocenters. The van der Waals surface area contributed by atoms with Crippen LogP contribution in [0.3, 0.4) is 0 Å². The smallest absolute Gasteiger partial charge is 0.302 e. The van der Waals surface area contributed by atoms with Crippen LogP contribution in [0, 0.1) is 6.92 Å². The molecule has 0 aliphatic carbocycles. The van der Waals surface area contributed by atoms with E-state index in [1.54, 1.807) is 7.11 Å². The highest BCUT2D eigenvalue weighted by atomic mass is 16.6. The summed E-state index contributed by atoms with van der Waals surface area (Å²) < 4.78 is 10.2. The summed E-state index contributed by atoms with van der Waals surface area (Å²) in [6, 6.07) is 8.39. The van der Waals surface area contributed by atoms with Crippen LogP contribution in [-0.4, -0.2) is 25.8 Å². The molecule has 0 saturated carbocycles. The molecule has 0 N–H and O–H groups in total. The normalized spacial score (nSPS) is 12.2. The van der Waals surface area contributed by atoms with Crippen LogP contribution in [-0.2, 0) is 20.7 Å². The Kier molecular flexibility index (Phi) is 5.70.